The van der Waals surface area contributed by atoms with Crippen LogP contribution in [0.2, 0.25) is 0 Å². The molecule has 1 aromatic heterocycles. The van der Waals surface area contributed by atoms with Crippen LogP contribution in [0.25, 0.3) is 0 Å². The van der Waals surface area contributed by atoms with E-state index in [0.29, 0.717) is 38.4 Å². The highest BCUT2D eigenvalue weighted by Gasteiger charge is 2.37. The van der Waals surface area contributed by atoms with Crippen molar-refractivity contribution < 1.29 is 14.3 Å². The van der Waals surface area contributed by atoms with Crippen LogP contribution in [0.1, 0.15) is 59.3 Å². The van der Waals surface area contributed by atoms with Crippen molar-refractivity contribution in [3.63, 3.8) is 0 Å². The lowest BCUT2D eigenvalue weighted by molar-refractivity contribution is 0.102. The van der Waals surface area contributed by atoms with Crippen molar-refractivity contribution in [1.29, 1.82) is 0 Å². The van der Waals surface area contributed by atoms with Gasteiger partial charge in [0.2, 0.25) is 4.58 Å². The van der Waals surface area contributed by atoms with Crippen LogP contribution in [0.5, 0.6) is 11.5 Å². The minimum Gasteiger partial charge on any atom is -0.496 e. The lowest BCUT2D eigenvalue weighted by Crippen LogP contribution is -2.25. The van der Waals surface area contributed by atoms with E-state index >= 15 is 0 Å². The molecule has 1 aliphatic heterocycles. The predicted octanol–water partition coefficient (Wildman–Crippen LogP) is 4.64. The van der Waals surface area contributed by atoms with Gasteiger partial charge >= 0.3 is 0 Å². The largest absolute Gasteiger partial charge is 0.496 e. The van der Waals surface area contributed by atoms with E-state index in [1.165, 1.54) is 37.9 Å². The van der Waals surface area contributed by atoms with E-state index in [0.717, 1.165) is 11.3 Å². The van der Waals surface area contributed by atoms with Crippen molar-refractivity contribution in [3.05, 3.63) is 41.1 Å². The summed E-state index contributed by atoms with van der Waals surface area (Å²) in [6.07, 6.45) is 1.28. The molecule has 1 amide bonds. The highest BCUT2D eigenvalue weighted by Crippen LogP contribution is 2.42. The summed E-state index contributed by atoms with van der Waals surface area (Å²) >= 11 is 2.00. The molecule has 0 aliphatic carbocycles. The van der Waals surface area contributed by atoms with Crippen LogP contribution in [-0.4, -0.2) is 47.6 Å². The normalized spacial score (nSPS) is 18.9. The molecule has 30 heavy (non-hydrogen) atoms. The van der Waals surface area contributed by atoms with Crippen LogP contribution in [-0.2, 0) is 10.9 Å². The molecule has 2 atom stereocenters. The van der Waals surface area contributed by atoms with E-state index < -0.39 is 0 Å². The van der Waals surface area contributed by atoms with Gasteiger partial charge in [0.05, 0.1) is 14.2 Å². The number of thioether (sulfide) groups is 1. The summed E-state index contributed by atoms with van der Waals surface area (Å²) in [5.74, 6) is 4.90. The van der Waals surface area contributed by atoms with Gasteiger partial charge in [-0.2, -0.15) is 0 Å². The Morgan fingerprint density at radius 1 is 1.27 bits per heavy atom. The number of carbonyl (C=O) groups is 1. The maximum atomic E-state index is 13.0. The maximum absolute atomic E-state index is 13.0. The fourth-order valence-corrected chi connectivity index (χ4v) is 8.17. The quantitative estimate of drug-likeness (QED) is 0.622. The lowest BCUT2D eigenvalue weighted by Gasteiger charge is -2.24. The average Bonchev–Trinajstić information content (AvgIpc) is 2.78. The minimum absolute atomic E-state index is 0.289. The predicted molar refractivity (Wildman–Crippen MR) is 126 cm³/mol. The molecule has 2 heterocycles. The number of anilines is 1. The summed E-state index contributed by atoms with van der Waals surface area (Å²) < 4.78 is 11.1. The Bertz CT molecular complexity index is 870. The Balaban J connectivity index is 1.91. The van der Waals surface area contributed by atoms with E-state index in [-0.39, 0.29) is 11.8 Å². The summed E-state index contributed by atoms with van der Waals surface area (Å²) in [5.41, 5.74) is 2.57. The smallest absolute Gasteiger partial charge is 0.264 e. The summed E-state index contributed by atoms with van der Waals surface area (Å²) in [4.78, 5) is 13.0. The minimum atomic E-state index is -0.332. The van der Waals surface area contributed by atoms with Gasteiger partial charge in [-0.15, -0.1) is 10.2 Å². The van der Waals surface area contributed by atoms with Crippen LogP contribution in [0.3, 0.4) is 0 Å². The second-order valence-corrected chi connectivity index (χ2v) is 11.3. The van der Waals surface area contributed by atoms with Gasteiger partial charge in [0.25, 0.3) is 5.91 Å². The van der Waals surface area contributed by atoms with Gasteiger partial charge in [-0.05, 0) is 36.6 Å². The molecule has 1 saturated heterocycles. The number of rotatable bonds is 7. The molecule has 8 heteroatoms. The van der Waals surface area contributed by atoms with Gasteiger partial charge in [0.1, 0.15) is 34.3 Å². The van der Waals surface area contributed by atoms with Crippen molar-refractivity contribution >= 4 is 34.4 Å². The average molecular weight is 449 g/mol. The highest BCUT2D eigenvalue weighted by atomic mass is 32.2. The summed E-state index contributed by atoms with van der Waals surface area (Å²) in [6.45, 7) is 6.58. The number of nitrogens with zero attached hydrogens (tertiary/aromatic N) is 2. The number of aromatic nitrogens is 2. The second-order valence-electron chi connectivity index (χ2n) is 7.30. The van der Waals surface area contributed by atoms with Gasteiger partial charge in [0, 0.05) is 23.1 Å². The Kier molecular flexibility index (Phi) is 7.88. The van der Waals surface area contributed by atoms with Crippen LogP contribution in [0.4, 0.5) is 5.82 Å². The van der Waals surface area contributed by atoms with Crippen molar-refractivity contribution in [2.45, 2.75) is 37.7 Å². The molecule has 0 radical (unpaired) electrons. The van der Waals surface area contributed by atoms with Gasteiger partial charge in [-0.25, -0.2) is 0 Å². The number of amides is 1. The molecule has 0 spiro atoms. The topological polar surface area (TPSA) is 73.3 Å². The molecule has 6 nitrogen and oxygen atoms in total. The van der Waals surface area contributed by atoms with Gasteiger partial charge < -0.3 is 14.8 Å². The van der Waals surface area contributed by atoms with E-state index in [1.54, 1.807) is 18.2 Å². The zero-order valence-corrected chi connectivity index (χ0v) is 19.9. The Morgan fingerprint density at radius 2 is 1.97 bits per heavy atom. The van der Waals surface area contributed by atoms with Gasteiger partial charge in [-0.3, -0.25) is 4.79 Å². The second kappa shape index (κ2) is 10.4. The van der Waals surface area contributed by atoms with Crippen LogP contribution >= 0.6 is 11.8 Å². The fraction of sp³-hybridized carbons (Fsp3) is 0.500. The molecule has 0 saturated carbocycles. The van der Waals surface area contributed by atoms with E-state index in [2.05, 4.69) is 36.3 Å². The molecule has 0 bridgehead atoms. The number of methoxy groups -OCH3 is 2. The molecule has 3 rings (SSSR count). The number of hydrogen-bond donors (Lipinski definition) is 1. The van der Waals surface area contributed by atoms with E-state index in [4.69, 9.17) is 9.47 Å². The van der Waals surface area contributed by atoms with E-state index in [9.17, 15) is 4.79 Å². The third-order valence-electron chi connectivity index (χ3n) is 5.09. The molecular weight excluding hydrogens is 418 g/mol. The number of hydrogen-bond acceptors (Lipinski definition) is 6. The molecule has 2 aromatic rings. The first-order valence-corrected chi connectivity index (χ1v) is 12.8. The SMILES string of the molecule is CC[S+]1CCCSC1c1nnc(NC(=O)c2c(OC)cccc2OC)cc1C(C)C. The summed E-state index contributed by atoms with van der Waals surface area (Å²) in [6, 6.07) is 7.22. The fourth-order valence-electron chi connectivity index (χ4n) is 3.55. The van der Waals surface area contributed by atoms with Crippen molar-refractivity contribution in [3.8, 4) is 11.5 Å². The van der Waals surface area contributed by atoms with Gasteiger partial charge in [-0.1, -0.05) is 31.7 Å². The highest BCUT2D eigenvalue weighted by molar-refractivity contribution is 8.15. The number of nitrogens with one attached hydrogen (secondary N) is 1. The zero-order valence-electron chi connectivity index (χ0n) is 18.2. The Labute approximate surface area is 185 Å². The number of benzene rings is 1. The molecular formula is C22H30N3O3S2+. The number of carbonyl (C=O) groups excluding carboxylic acids is 1. The summed E-state index contributed by atoms with van der Waals surface area (Å²) in [5, 5.41) is 11.9. The zero-order chi connectivity index (χ0) is 21.7. The molecule has 162 valence electrons. The van der Waals surface area contributed by atoms with Crippen molar-refractivity contribution in [1.82, 2.24) is 10.2 Å². The molecule has 1 aromatic carbocycles. The third kappa shape index (κ3) is 4.86. The first-order chi connectivity index (χ1) is 14.5. The Hall–Kier alpha value is -1.93. The van der Waals surface area contributed by atoms with Crippen LogP contribution in [0, 0.1) is 0 Å². The lowest BCUT2D eigenvalue weighted by atomic mass is 10.0. The standard InChI is InChI=1S/C22H29N3O3S2/c1-6-30-12-8-11-29-22(30)20-15(14(2)3)13-18(24-25-20)23-21(26)19-16(27-4)9-7-10-17(19)28-5/h7,9-10,13-14,22H,6,8,11-12H2,1-5H3/p+1. The number of ether oxygens (including phenoxy) is 2. The van der Waals surface area contributed by atoms with Gasteiger partial charge in [0.15, 0.2) is 5.82 Å². The molecule has 1 N–H and O–H groups in total. The summed E-state index contributed by atoms with van der Waals surface area (Å²) in [7, 11) is 3.38. The third-order valence-corrected chi connectivity index (χ3v) is 9.75. The van der Waals surface area contributed by atoms with Crippen molar-refractivity contribution in [2.24, 2.45) is 0 Å². The van der Waals surface area contributed by atoms with Crippen LogP contribution < -0.4 is 14.8 Å². The van der Waals surface area contributed by atoms with Crippen LogP contribution in [0.15, 0.2) is 24.3 Å². The van der Waals surface area contributed by atoms with Crippen molar-refractivity contribution in [2.75, 3.05) is 36.8 Å². The van der Waals surface area contributed by atoms with E-state index in [1.807, 2.05) is 17.8 Å². The maximum Gasteiger partial charge on any atom is 0.264 e. The Morgan fingerprint density at radius 3 is 2.57 bits per heavy atom. The molecule has 1 fully saturated rings. The first-order valence-electron chi connectivity index (χ1n) is 10.2. The molecule has 2 unspecified atom stereocenters. The monoisotopic (exact) mass is 448 g/mol. The molecule has 1 aliphatic rings. The first kappa shape index (κ1) is 22.7.